The van der Waals surface area contributed by atoms with Crippen LogP contribution in [0.2, 0.25) is 0 Å². The number of rotatable bonds is 7. The Kier molecular flexibility index (Phi) is 6.34. The molecular weight excluding hydrogens is 422 g/mol. The van der Waals surface area contributed by atoms with Crippen LogP contribution < -0.4 is 15.8 Å². The molecule has 1 aliphatic heterocycles. The standard InChI is InChI=1S/C24H29N5O2S/c1-4-26-22(21(25)29-15-7-10-20(29)24(2,3)30)31-17-13-11-16(12-14-17)27-23-28-18-8-5-6-9-19(18)32-23/h4-6,8-9,11-14,20,30H,7,10,15,25H2,1-3H3,(H,27,28)/b22-21-,26-4?. The monoisotopic (exact) mass is 451 g/mol. The molecule has 1 unspecified atom stereocenters. The van der Waals surface area contributed by atoms with Crippen molar-refractivity contribution in [3.8, 4) is 5.75 Å². The van der Waals surface area contributed by atoms with E-state index in [0.29, 0.717) is 17.5 Å². The summed E-state index contributed by atoms with van der Waals surface area (Å²) < 4.78 is 7.18. The van der Waals surface area contributed by atoms with Crippen molar-refractivity contribution in [2.75, 3.05) is 11.9 Å². The Balaban J connectivity index is 1.50. The topological polar surface area (TPSA) is 96.0 Å². The van der Waals surface area contributed by atoms with E-state index in [1.54, 1.807) is 17.6 Å². The lowest BCUT2D eigenvalue weighted by atomic mass is 9.97. The van der Waals surface area contributed by atoms with Gasteiger partial charge in [0, 0.05) is 18.4 Å². The number of aromatic nitrogens is 1. The first-order valence-corrected chi connectivity index (χ1v) is 11.5. The van der Waals surface area contributed by atoms with Crippen molar-refractivity contribution >= 4 is 38.6 Å². The summed E-state index contributed by atoms with van der Waals surface area (Å²) in [6.45, 7) is 6.20. The molecule has 0 aliphatic carbocycles. The minimum atomic E-state index is -0.865. The number of fused-ring (bicyclic) bond motifs is 1. The second-order valence-corrected chi connectivity index (χ2v) is 9.35. The van der Waals surface area contributed by atoms with Crippen LogP contribution in [-0.4, -0.2) is 39.4 Å². The molecule has 0 radical (unpaired) electrons. The van der Waals surface area contributed by atoms with Crippen LogP contribution in [0.1, 0.15) is 33.6 Å². The molecule has 4 rings (SSSR count). The van der Waals surface area contributed by atoms with Crippen LogP contribution in [-0.2, 0) is 0 Å². The number of nitrogens with two attached hydrogens (primary N) is 1. The van der Waals surface area contributed by atoms with Gasteiger partial charge in [-0.2, -0.15) is 0 Å². The zero-order chi connectivity index (χ0) is 22.7. The third-order valence-electron chi connectivity index (χ3n) is 5.46. The van der Waals surface area contributed by atoms with E-state index in [-0.39, 0.29) is 6.04 Å². The highest BCUT2D eigenvalue weighted by atomic mass is 32.1. The number of para-hydroxylation sites is 1. The van der Waals surface area contributed by atoms with E-state index in [2.05, 4.69) is 21.4 Å². The van der Waals surface area contributed by atoms with Gasteiger partial charge in [-0.05, 0) is 70.0 Å². The van der Waals surface area contributed by atoms with Crippen LogP contribution in [0.25, 0.3) is 10.2 Å². The van der Waals surface area contributed by atoms with Crippen molar-refractivity contribution in [2.24, 2.45) is 10.7 Å². The van der Waals surface area contributed by atoms with Crippen LogP contribution in [0.15, 0.2) is 65.2 Å². The van der Waals surface area contributed by atoms with Crippen LogP contribution >= 0.6 is 11.3 Å². The van der Waals surface area contributed by atoms with Gasteiger partial charge in [-0.15, -0.1) is 0 Å². The van der Waals surface area contributed by atoms with Gasteiger partial charge >= 0.3 is 0 Å². The van der Waals surface area contributed by atoms with Gasteiger partial charge in [-0.25, -0.2) is 9.98 Å². The molecule has 1 aromatic heterocycles. The summed E-state index contributed by atoms with van der Waals surface area (Å²) in [5.74, 6) is 1.39. The summed E-state index contributed by atoms with van der Waals surface area (Å²) in [7, 11) is 0. The molecule has 2 aromatic carbocycles. The number of anilines is 2. The fourth-order valence-electron chi connectivity index (χ4n) is 3.94. The molecule has 32 heavy (non-hydrogen) atoms. The van der Waals surface area contributed by atoms with Crippen LogP contribution in [0.5, 0.6) is 5.75 Å². The van der Waals surface area contributed by atoms with E-state index in [9.17, 15) is 5.11 Å². The molecule has 0 saturated carbocycles. The summed E-state index contributed by atoms with van der Waals surface area (Å²) in [5.41, 5.74) is 7.48. The van der Waals surface area contributed by atoms with Crippen molar-refractivity contribution in [2.45, 2.75) is 45.3 Å². The maximum atomic E-state index is 10.5. The van der Waals surface area contributed by atoms with Crippen molar-refractivity contribution in [3.05, 3.63) is 60.2 Å². The average molecular weight is 452 g/mol. The number of nitrogens with zero attached hydrogens (tertiary/aromatic N) is 3. The molecule has 0 bridgehead atoms. The van der Waals surface area contributed by atoms with Crippen molar-refractivity contribution in [1.29, 1.82) is 0 Å². The lowest BCUT2D eigenvalue weighted by Gasteiger charge is -2.35. The normalized spacial score (nSPS) is 17.8. The largest absolute Gasteiger partial charge is 0.436 e. The number of hydrogen-bond acceptors (Lipinski definition) is 8. The number of nitrogens with one attached hydrogen (secondary N) is 1. The SMILES string of the molecule is CC=N/C(Oc1ccc(Nc2nc3ccccc3s2)cc1)=C(\N)N1CCCC1C(C)(C)O. The van der Waals surface area contributed by atoms with Gasteiger partial charge in [0.2, 0.25) is 0 Å². The maximum Gasteiger partial charge on any atom is 0.260 e. The first-order valence-electron chi connectivity index (χ1n) is 10.7. The number of benzene rings is 2. The highest BCUT2D eigenvalue weighted by molar-refractivity contribution is 7.22. The average Bonchev–Trinajstić information content (AvgIpc) is 3.41. The Morgan fingerprint density at radius 3 is 2.72 bits per heavy atom. The molecule has 0 spiro atoms. The van der Waals surface area contributed by atoms with Gasteiger partial charge in [0.25, 0.3) is 5.88 Å². The Morgan fingerprint density at radius 2 is 2.03 bits per heavy atom. The van der Waals surface area contributed by atoms with Crippen molar-refractivity contribution in [1.82, 2.24) is 9.88 Å². The van der Waals surface area contributed by atoms with Gasteiger partial charge in [-0.1, -0.05) is 23.5 Å². The molecule has 2 heterocycles. The molecule has 4 N–H and O–H groups in total. The number of aliphatic hydroxyl groups is 1. The minimum Gasteiger partial charge on any atom is -0.436 e. The van der Waals surface area contributed by atoms with Crippen molar-refractivity contribution in [3.63, 3.8) is 0 Å². The molecule has 7 nitrogen and oxygen atoms in total. The van der Waals surface area contributed by atoms with Crippen LogP contribution in [0.4, 0.5) is 10.8 Å². The number of aliphatic imine (C=N–C) groups is 1. The fourth-order valence-corrected chi connectivity index (χ4v) is 4.83. The molecule has 0 amide bonds. The third kappa shape index (κ3) is 4.87. The van der Waals surface area contributed by atoms with Crippen LogP contribution in [0.3, 0.4) is 0 Å². The first kappa shape index (κ1) is 22.1. The van der Waals surface area contributed by atoms with Gasteiger partial charge < -0.3 is 25.8 Å². The van der Waals surface area contributed by atoms with Crippen LogP contribution in [0, 0.1) is 0 Å². The van der Waals surface area contributed by atoms with E-state index in [1.165, 1.54) is 0 Å². The smallest absolute Gasteiger partial charge is 0.260 e. The van der Waals surface area contributed by atoms with E-state index >= 15 is 0 Å². The molecule has 3 aromatic rings. The number of ether oxygens (including phenoxy) is 1. The van der Waals surface area contributed by atoms with E-state index < -0.39 is 5.60 Å². The maximum absolute atomic E-state index is 10.5. The lowest BCUT2D eigenvalue weighted by molar-refractivity contribution is 0.00681. The second kappa shape index (κ2) is 9.18. The second-order valence-electron chi connectivity index (χ2n) is 8.32. The highest BCUT2D eigenvalue weighted by Crippen LogP contribution is 2.31. The molecule has 168 valence electrons. The Hall–Kier alpha value is -3.10. The molecule has 1 fully saturated rings. The van der Waals surface area contributed by atoms with E-state index in [4.69, 9.17) is 10.5 Å². The third-order valence-corrected chi connectivity index (χ3v) is 6.41. The van der Waals surface area contributed by atoms with Gasteiger partial charge in [0.1, 0.15) is 5.75 Å². The Morgan fingerprint density at radius 1 is 1.28 bits per heavy atom. The number of hydrogen-bond donors (Lipinski definition) is 3. The van der Waals surface area contributed by atoms with Gasteiger partial charge in [0.15, 0.2) is 11.0 Å². The molecule has 1 aliphatic rings. The Bertz CT molecular complexity index is 1100. The molecular formula is C24H29N5O2S. The van der Waals surface area contributed by atoms with Gasteiger partial charge in [-0.3, -0.25) is 0 Å². The molecule has 8 heteroatoms. The fraction of sp³-hybridized carbons (Fsp3) is 0.333. The summed E-state index contributed by atoms with van der Waals surface area (Å²) in [4.78, 5) is 11.0. The number of thiazole rings is 1. The molecule has 1 saturated heterocycles. The summed E-state index contributed by atoms with van der Waals surface area (Å²) >= 11 is 1.61. The zero-order valence-electron chi connectivity index (χ0n) is 18.6. The lowest BCUT2D eigenvalue weighted by Crippen LogP contribution is -2.47. The zero-order valence-corrected chi connectivity index (χ0v) is 19.4. The predicted octanol–water partition coefficient (Wildman–Crippen LogP) is 4.83. The summed E-state index contributed by atoms with van der Waals surface area (Å²) in [5, 5.41) is 14.7. The Labute approximate surface area is 192 Å². The quantitative estimate of drug-likeness (QED) is 0.352. The number of likely N-dealkylation sites (tertiary alicyclic amines) is 1. The predicted molar refractivity (Wildman–Crippen MR) is 131 cm³/mol. The minimum absolute atomic E-state index is 0.0754. The van der Waals surface area contributed by atoms with E-state index in [0.717, 1.165) is 40.4 Å². The molecule has 1 atom stereocenters. The summed E-state index contributed by atoms with van der Waals surface area (Å²) in [6.07, 6.45) is 3.49. The highest BCUT2D eigenvalue weighted by Gasteiger charge is 2.37. The first-order chi connectivity index (χ1) is 15.3. The van der Waals surface area contributed by atoms with Crippen molar-refractivity contribution < 1.29 is 9.84 Å². The summed E-state index contributed by atoms with van der Waals surface area (Å²) in [6, 6.07) is 15.6. The van der Waals surface area contributed by atoms with E-state index in [1.807, 2.05) is 68.1 Å². The van der Waals surface area contributed by atoms with Gasteiger partial charge in [0.05, 0.1) is 21.9 Å².